The molecule has 0 aliphatic carbocycles. The number of carbonyl (C=O) groups excluding carboxylic acids is 1. The first-order valence-electron chi connectivity index (χ1n) is 5.12. The van der Waals surface area contributed by atoms with Crippen molar-refractivity contribution < 1.29 is 14.7 Å². The Morgan fingerprint density at radius 2 is 2.33 bits per heavy atom. The van der Waals surface area contributed by atoms with Gasteiger partial charge in [-0.2, -0.15) is 0 Å². The minimum absolute atomic E-state index is 0.0117. The van der Waals surface area contributed by atoms with Crippen LogP contribution in [0.5, 0.6) is 0 Å². The molecule has 5 nitrogen and oxygen atoms in total. The predicted octanol–water partition coefficient (Wildman–Crippen LogP) is 0.0932. The van der Waals surface area contributed by atoms with E-state index in [4.69, 9.17) is 10.8 Å². The van der Waals surface area contributed by atoms with Crippen LogP contribution >= 0.6 is 0 Å². The minimum atomic E-state index is -1.01. The summed E-state index contributed by atoms with van der Waals surface area (Å²) < 4.78 is 0. The van der Waals surface area contributed by atoms with Gasteiger partial charge in [-0.25, -0.2) is 0 Å². The molecule has 4 N–H and O–H groups in total. The lowest BCUT2D eigenvalue weighted by molar-refractivity contribution is -0.139. The number of carboxylic acid groups (broad SMARTS) is 1. The summed E-state index contributed by atoms with van der Waals surface area (Å²) in [5.74, 6) is -1.09. The molecule has 1 heterocycles. The highest BCUT2D eigenvalue weighted by Crippen LogP contribution is 2.27. The Bertz CT molecular complexity index is 276. The second-order valence-corrected chi connectivity index (χ2v) is 4.80. The van der Waals surface area contributed by atoms with E-state index in [2.05, 4.69) is 5.32 Å². The van der Waals surface area contributed by atoms with Gasteiger partial charge in [0, 0.05) is 11.5 Å². The molecule has 5 heteroatoms. The van der Waals surface area contributed by atoms with Crippen LogP contribution in [0.15, 0.2) is 0 Å². The van der Waals surface area contributed by atoms with Crippen molar-refractivity contribution in [2.75, 3.05) is 0 Å². The fourth-order valence-corrected chi connectivity index (χ4v) is 1.93. The van der Waals surface area contributed by atoms with E-state index in [9.17, 15) is 9.59 Å². The molecule has 0 spiro atoms. The maximum absolute atomic E-state index is 11.5. The average Bonchev–Trinajstić information content (AvgIpc) is 2.35. The summed E-state index contributed by atoms with van der Waals surface area (Å²) in [6.07, 6.45) is 1.64. The van der Waals surface area contributed by atoms with Crippen LogP contribution in [0, 0.1) is 5.92 Å². The summed E-state index contributed by atoms with van der Waals surface area (Å²) in [6.45, 7) is 3.92. The minimum Gasteiger partial charge on any atom is -0.480 e. The van der Waals surface area contributed by atoms with Crippen molar-refractivity contribution >= 4 is 11.9 Å². The topological polar surface area (TPSA) is 92.4 Å². The maximum atomic E-state index is 11.5. The van der Waals surface area contributed by atoms with E-state index >= 15 is 0 Å². The lowest BCUT2D eigenvalue weighted by Crippen LogP contribution is -2.34. The third-order valence-electron chi connectivity index (χ3n) is 2.73. The molecule has 0 aromatic carbocycles. The monoisotopic (exact) mass is 214 g/mol. The number of hydrogen-bond donors (Lipinski definition) is 3. The van der Waals surface area contributed by atoms with E-state index in [1.165, 1.54) is 0 Å². The molecule has 0 aromatic rings. The molecule has 86 valence electrons. The summed E-state index contributed by atoms with van der Waals surface area (Å²) in [6, 6.07) is -0.860. The number of nitrogens with two attached hydrogens (primary N) is 1. The molecular formula is C10H18N2O3. The van der Waals surface area contributed by atoms with Crippen molar-refractivity contribution in [3.05, 3.63) is 0 Å². The summed E-state index contributed by atoms with van der Waals surface area (Å²) in [5, 5.41) is 11.5. The molecule has 0 unspecified atom stereocenters. The second kappa shape index (κ2) is 4.18. The molecule has 1 rings (SSSR count). The summed E-state index contributed by atoms with van der Waals surface area (Å²) >= 11 is 0. The second-order valence-electron chi connectivity index (χ2n) is 4.80. The van der Waals surface area contributed by atoms with Crippen LogP contribution in [0.25, 0.3) is 0 Å². The van der Waals surface area contributed by atoms with E-state index in [0.29, 0.717) is 12.8 Å². The lowest BCUT2D eigenvalue weighted by atomic mass is 9.92. The highest BCUT2D eigenvalue weighted by atomic mass is 16.4. The molecule has 1 fully saturated rings. The standard InChI is InChI=1S/C10H18N2O3/c1-10(2)5-6(8(13)12-10)3-4-7(11)9(14)15/h6-7H,3-5,11H2,1-2H3,(H,12,13)(H,14,15)/t6-,7+/m1/s1. The number of amides is 1. The Hall–Kier alpha value is -1.10. The molecule has 1 saturated heterocycles. The Morgan fingerprint density at radius 1 is 1.73 bits per heavy atom. The molecule has 1 amide bonds. The van der Waals surface area contributed by atoms with Crippen LogP contribution in [0.2, 0.25) is 0 Å². The number of carboxylic acids is 1. The Labute approximate surface area is 89.0 Å². The fraction of sp³-hybridized carbons (Fsp3) is 0.800. The summed E-state index contributed by atoms with van der Waals surface area (Å²) in [4.78, 5) is 22.0. The van der Waals surface area contributed by atoms with Crippen molar-refractivity contribution in [1.29, 1.82) is 0 Å². The highest BCUT2D eigenvalue weighted by Gasteiger charge is 2.37. The van der Waals surface area contributed by atoms with Gasteiger partial charge in [-0.3, -0.25) is 9.59 Å². The molecule has 0 saturated carbocycles. The number of hydrogen-bond acceptors (Lipinski definition) is 3. The summed E-state index contributed by atoms with van der Waals surface area (Å²) in [5.41, 5.74) is 5.20. The van der Waals surface area contributed by atoms with Gasteiger partial charge in [-0.05, 0) is 33.1 Å². The van der Waals surface area contributed by atoms with Gasteiger partial charge in [0.2, 0.25) is 5.91 Å². The Balaban J connectivity index is 2.41. The van der Waals surface area contributed by atoms with E-state index in [1.54, 1.807) is 0 Å². The first-order chi connectivity index (χ1) is 6.82. The first-order valence-corrected chi connectivity index (χ1v) is 5.12. The molecule has 1 aliphatic rings. The molecule has 0 bridgehead atoms. The third-order valence-corrected chi connectivity index (χ3v) is 2.73. The van der Waals surface area contributed by atoms with Crippen molar-refractivity contribution in [2.24, 2.45) is 11.7 Å². The first kappa shape index (κ1) is 12.0. The van der Waals surface area contributed by atoms with Crippen LogP contribution in [-0.2, 0) is 9.59 Å². The van der Waals surface area contributed by atoms with Crippen LogP contribution in [-0.4, -0.2) is 28.6 Å². The number of carbonyl (C=O) groups is 2. The smallest absolute Gasteiger partial charge is 0.320 e. The van der Waals surface area contributed by atoms with Gasteiger partial charge in [-0.1, -0.05) is 0 Å². The van der Waals surface area contributed by atoms with Crippen LogP contribution in [0.4, 0.5) is 0 Å². The zero-order valence-corrected chi connectivity index (χ0v) is 9.12. The maximum Gasteiger partial charge on any atom is 0.320 e. The molecule has 2 atom stereocenters. The largest absolute Gasteiger partial charge is 0.480 e. The zero-order valence-electron chi connectivity index (χ0n) is 9.12. The van der Waals surface area contributed by atoms with Gasteiger partial charge in [0.15, 0.2) is 0 Å². The van der Waals surface area contributed by atoms with Crippen molar-refractivity contribution in [2.45, 2.75) is 44.7 Å². The fourth-order valence-electron chi connectivity index (χ4n) is 1.93. The van der Waals surface area contributed by atoms with Crippen molar-refractivity contribution in [3.63, 3.8) is 0 Å². The van der Waals surface area contributed by atoms with Gasteiger partial charge < -0.3 is 16.2 Å². The number of rotatable bonds is 4. The number of aliphatic carboxylic acids is 1. The Kier molecular flexibility index (Phi) is 3.34. The lowest BCUT2D eigenvalue weighted by Gasteiger charge is -2.16. The van der Waals surface area contributed by atoms with Crippen molar-refractivity contribution in [3.8, 4) is 0 Å². The molecule has 15 heavy (non-hydrogen) atoms. The van der Waals surface area contributed by atoms with Gasteiger partial charge in [0.05, 0.1) is 0 Å². The quantitative estimate of drug-likeness (QED) is 0.618. The van der Waals surface area contributed by atoms with E-state index in [1.807, 2.05) is 13.8 Å². The predicted molar refractivity (Wildman–Crippen MR) is 55.2 cm³/mol. The van der Waals surface area contributed by atoms with E-state index in [-0.39, 0.29) is 17.4 Å². The number of nitrogens with one attached hydrogen (secondary N) is 1. The van der Waals surface area contributed by atoms with E-state index in [0.717, 1.165) is 6.42 Å². The molecule has 1 aliphatic heterocycles. The van der Waals surface area contributed by atoms with Crippen LogP contribution in [0.3, 0.4) is 0 Å². The van der Waals surface area contributed by atoms with Gasteiger partial charge in [0.1, 0.15) is 6.04 Å². The zero-order chi connectivity index (χ0) is 11.6. The van der Waals surface area contributed by atoms with Crippen LogP contribution < -0.4 is 11.1 Å². The molecular weight excluding hydrogens is 196 g/mol. The van der Waals surface area contributed by atoms with Gasteiger partial charge in [-0.15, -0.1) is 0 Å². The summed E-state index contributed by atoms with van der Waals surface area (Å²) in [7, 11) is 0. The average molecular weight is 214 g/mol. The van der Waals surface area contributed by atoms with Gasteiger partial charge in [0.25, 0.3) is 0 Å². The Morgan fingerprint density at radius 3 is 2.73 bits per heavy atom. The van der Waals surface area contributed by atoms with Crippen LogP contribution in [0.1, 0.15) is 33.1 Å². The van der Waals surface area contributed by atoms with Gasteiger partial charge >= 0.3 is 5.97 Å². The normalized spacial score (nSPS) is 26.1. The third kappa shape index (κ3) is 3.20. The SMILES string of the molecule is CC1(C)C[C@@H](CC[C@H](N)C(=O)O)C(=O)N1. The van der Waals surface area contributed by atoms with Crippen molar-refractivity contribution in [1.82, 2.24) is 5.32 Å². The van der Waals surface area contributed by atoms with E-state index < -0.39 is 12.0 Å². The highest BCUT2D eigenvalue weighted by molar-refractivity contribution is 5.82. The molecule has 0 aromatic heterocycles. The molecule has 0 radical (unpaired) electrons.